The number of ether oxygens (including phenoxy) is 2. The fraction of sp³-hybridized carbons (Fsp3) is 0.259. The van der Waals surface area contributed by atoms with Gasteiger partial charge in [0.25, 0.3) is 5.91 Å². The Kier molecular flexibility index (Phi) is 7.84. The van der Waals surface area contributed by atoms with Crippen molar-refractivity contribution in [3.63, 3.8) is 0 Å². The first-order valence-corrected chi connectivity index (χ1v) is 11.3. The molecule has 1 aliphatic rings. The molecular formula is C27H27N3O5. The standard InChI is InChI=1S/C27H27N3O5/c1-34-27(33)23-11-9-22(10-12-23)26(32)30-17-24(35-19-20-6-3-2-4-7-20)16-29(25(31)18-30)15-21-8-5-13-28-14-21/h2-14,24H,15-19H2,1H3/t24-/m0/s1. The zero-order valence-corrected chi connectivity index (χ0v) is 19.5. The summed E-state index contributed by atoms with van der Waals surface area (Å²) in [5, 5.41) is 0. The number of aromatic nitrogens is 1. The first-order valence-electron chi connectivity index (χ1n) is 11.3. The van der Waals surface area contributed by atoms with E-state index in [0.29, 0.717) is 30.8 Å². The SMILES string of the molecule is COC(=O)c1ccc(C(=O)N2CC(=O)N(Cc3cccnc3)C[C@H](OCc3ccccc3)C2)cc1. The van der Waals surface area contributed by atoms with Gasteiger partial charge in [0, 0.05) is 37.6 Å². The maximum Gasteiger partial charge on any atom is 0.337 e. The largest absolute Gasteiger partial charge is 0.465 e. The maximum atomic E-state index is 13.3. The van der Waals surface area contributed by atoms with Crippen LogP contribution < -0.4 is 0 Å². The number of amides is 2. The van der Waals surface area contributed by atoms with Crippen molar-refractivity contribution in [2.45, 2.75) is 19.3 Å². The number of pyridine rings is 1. The van der Waals surface area contributed by atoms with Crippen LogP contribution in [0.3, 0.4) is 0 Å². The van der Waals surface area contributed by atoms with Crippen molar-refractivity contribution in [3.05, 3.63) is 101 Å². The summed E-state index contributed by atoms with van der Waals surface area (Å²) in [4.78, 5) is 45.5. The Morgan fingerprint density at radius 3 is 2.34 bits per heavy atom. The summed E-state index contributed by atoms with van der Waals surface area (Å²) in [6.45, 7) is 1.30. The summed E-state index contributed by atoms with van der Waals surface area (Å²) < 4.78 is 10.9. The maximum absolute atomic E-state index is 13.3. The van der Waals surface area contributed by atoms with Gasteiger partial charge in [-0.15, -0.1) is 0 Å². The van der Waals surface area contributed by atoms with Gasteiger partial charge < -0.3 is 19.3 Å². The van der Waals surface area contributed by atoms with Crippen LogP contribution in [0.2, 0.25) is 0 Å². The second-order valence-corrected chi connectivity index (χ2v) is 8.31. The summed E-state index contributed by atoms with van der Waals surface area (Å²) in [7, 11) is 1.30. The number of hydrogen-bond donors (Lipinski definition) is 0. The van der Waals surface area contributed by atoms with Crippen LogP contribution in [0, 0.1) is 0 Å². The van der Waals surface area contributed by atoms with E-state index < -0.39 is 5.97 Å². The van der Waals surface area contributed by atoms with Crippen molar-refractivity contribution in [1.29, 1.82) is 0 Å². The fourth-order valence-corrected chi connectivity index (χ4v) is 3.94. The molecule has 0 N–H and O–H groups in total. The number of carbonyl (C=O) groups excluding carboxylic acids is 3. The number of methoxy groups -OCH3 is 1. The van der Waals surface area contributed by atoms with Crippen molar-refractivity contribution in [2.24, 2.45) is 0 Å². The highest BCUT2D eigenvalue weighted by Crippen LogP contribution is 2.17. The topological polar surface area (TPSA) is 89.0 Å². The third-order valence-corrected chi connectivity index (χ3v) is 5.79. The van der Waals surface area contributed by atoms with Crippen LogP contribution in [-0.2, 0) is 27.4 Å². The molecule has 0 radical (unpaired) electrons. The highest BCUT2D eigenvalue weighted by molar-refractivity contribution is 5.98. The Morgan fingerprint density at radius 2 is 1.66 bits per heavy atom. The lowest BCUT2D eigenvalue weighted by atomic mass is 10.1. The monoisotopic (exact) mass is 473 g/mol. The van der Waals surface area contributed by atoms with Crippen LogP contribution in [0.25, 0.3) is 0 Å². The van der Waals surface area contributed by atoms with Gasteiger partial charge >= 0.3 is 5.97 Å². The molecule has 8 nitrogen and oxygen atoms in total. The van der Waals surface area contributed by atoms with Gasteiger partial charge in [0.1, 0.15) is 6.54 Å². The second-order valence-electron chi connectivity index (χ2n) is 8.31. The quantitative estimate of drug-likeness (QED) is 0.490. The van der Waals surface area contributed by atoms with Crippen molar-refractivity contribution < 1.29 is 23.9 Å². The molecule has 2 aromatic carbocycles. The first kappa shape index (κ1) is 24.1. The van der Waals surface area contributed by atoms with Crippen LogP contribution in [0.15, 0.2) is 79.1 Å². The van der Waals surface area contributed by atoms with E-state index in [2.05, 4.69) is 4.98 Å². The van der Waals surface area contributed by atoms with E-state index in [1.165, 1.54) is 24.1 Å². The molecule has 2 heterocycles. The van der Waals surface area contributed by atoms with Crippen LogP contribution in [-0.4, -0.2) is 65.4 Å². The smallest absolute Gasteiger partial charge is 0.337 e. The van der Waals surface area contributed by atoms with E-state index in [9.17, 15) is 14.4 Å². The lowest BCUT2D eigenvalue weighted by molar-refractivity contribution is -0.132. The van der Waals surface area contributed by atoms with E-state index in [4.69, 9.17) is 9.47 Å². The van der Waals surface area contributed by atoms with Gasteiger partial charge in [-0.1, -0.05) is 36.4 Å². The molecule has 4 rings (SSSR count). The van der Waals surface area contributed by atoms with E-state index in [1.807, 2.05) is 42.5 Å². The van der Waals surface area contributed by atoms with Gasteiger partial charge in [0.2, 0.25) is 5.91 Å². The third kappa shape index (κ3) is 6.30. The average Bonchev–Trinajstić information content (AvgIpc) is 3.06. The molecule has 8 heteroatoms. The van der Waals surface area contributed by atoms with Gasteiger partial charge in [0.15, 0.2) is 0 Å². The Morgan fingerprint density at radius 1 is 0.943 bits per heavy atom. The number of hydrogen-bond acceptors (Lipinski definition) is 6. The van der Waals surface area contributed by atoms with Crippen molar-refractivity contribution >= 4 is 17.8 Å². The summed E-state index contributed by atoms with van der Waals surface area (Å²) >= 11 is 0. The Bertz CT molecular complexity index is 1150. The highest BCUT2D eigenvalue weighted by Gasteiger charge is 2.31. The van der Waals surface area contributed by atoms with Gasteiger partial charge in [0.05, 0.1) is 25.4 Å². The van der Waals surface area contributed by atoms with Crippen LogP contribution >= 0.6 is 0 Å². The molecule has 180 valence electrons. The molecule has 1 fully saturated rings. The first-order chi connectivity index (χ1) is 17.0. The van der Waals surface area contributed by atoms with E-state index in [-0.39, 0.29) is 31.0 Å². The molecule has 0 spiro atoms. The minimum atomic E-state index is -0.477. The fourth-order valence-electron chi connectivity index (χ4n) is 3.94. The number of benzene rings is 2. The molecular weight excluding hydrogens is 446 g/mol. The van der Waals surface area contributed by atoms with Gasteiger partial charge in [-0.3, -0.25) is 14.6 Å². The van der Waals surface area contributed by atoms with Crippen LogP contribution in [0.4, 0.5) is 0 Å². The van der Waals surface area contributed by atoms with E-state index in [0.717, 1.165) is 11.1 Å². The third-order valence-electron chi connectivity index (χ3n) is 5.79. The number of rotatable bonds is 7. The summed E-state index contributed by atoms with van der Waals surface area (Å²) in [6.07, 6.45) is 3.03. The molecule has 1 aromatic heterocycles. The molecule has 3 aromatic rings. The minimum absolute atomic E-state index is 0.0664. The lowest BCUT2D eigenvalue weighted by Crippen LogP contribution is -2.39. The van der Waals surface area contributed by atoms with Crippen LogP contribution in [0.5, 0.6) is 0 Å². The number of carbonyl (C=O) groups is 3. The van der Waals surface area contributed by atoms with Crippen molar-refractivity contribution in [3.8, 4) is 0 Å². The Balaban J connectivity index is 1.53. The summed E-state index contributed by atoms with van der Waals surface area (Å²) in [5.74, 6) is -0.945. The van der Waals surface area contributed by atoms with E-state index >= 15 is 0 Å². The van der Waals surface area contributed by atoms with Gasteiger partial charge in [-0.25, -0.2) is 4.79 Å². The Labute approximate surface area is 204 Å². The molecule has 0 bridgehead atoms. The zero-order chi connectivity index (χ0) is 24.6. The molecule has 0 saturated carbocycles. The molecule has 1 atom stereocenters. The Hall–Kier alpha value is -4.04. The molecule has 0 unspecified atom stereocenters. The highest BCUT2D eigenvalue weighted by atomic mass is 16.5. The minimum Gasteiger partial charge on any atom is -0.465 e. The lowest BCUT2D eigenvalue weighted by Gasteiger charge is -2.25. The van der Waals surface area contributed by atoms with Crippen LogP contribution in [0.1, 0.15) is 31.8 Å². The molecule has 1 saturated heterocycles. The predicted molar refractivity (Wildman–Crippen MR) is 128 cm³/mol. The number of nitrogens with zero attached hydrogens (tertiary/aromatic N) is 3. The van der Waals surface area contributed by atoms with Crippen molar-refractivity contribution in [2.75, 3.05) is 26.7 Å². The summed E-state index contributed by atoms with van der Waals surface area (Å²) in [6, 6.07) is 19.7. The van der Waals surface area contributed by atoms with E-state index in [1.54, 1.807) is 29.4 Å². The second kappa shape index (κ2) is 11.4. The zero-order valence-electron chi connectivity index (χ0n) is 19.5. The predicted octanol–water partition coefficient (Wildman–Crippen LogP) is 2.94. The molecule has 0 aliphatic carbocycles. The van der Waals surface area contributed by atoms with Crippen molar-refractivity contribution in [1.82, 2.24) is 14.8 Å². The normalized spacial score (nSPS) is 16.0. The van der Waals surface area contributed by atoms with Gasteiger partial charge in [-0.2, -0.15) is 0 Å². The molecule has 1 aliphatic heterocycles. The van der Waals surface area contributed by atoms with Gasteiger partial charge in [-0.05, 0) is 41.5 Å². The average molecular weight is 474 g/mol. The number of esters is 1. The summed E-state index contributed by atoms with van der Waals surface area (Å²) in [5.41, 5.74) is 2.65. The molecule has 2 amide bonds. The molecule has 35 heavy (non-hydrogen) atoms.